The third-order valence-corrected chi connectivity index (χ3v) is 4.51. The molecule has 183 valence electrons. The Morgan fingerprint density at radius 1 is 0.556 bits per heavy atom. The molecule has 0 saturated carbocycles. The van der Waals surface area contributed by atoms with Crippen molar-refractivity contribution in [3.05, 3.63) is 139 Å². The third kappa shape index (κ3) is 8.58. The molecule has 3 heterocycles. The Kier molecular flexibility index (Phi) is 11.7. The normalized spacial score (nSPS) is 9.39. The number of benzene rings is 2. The number of halogens is 2. The van der Waals surface area contributed by atoms with Crippen molar-refractivity contribution in [3.63, 3.8) is 0 Å². The van der Waals surface area contributed by atoms with Crippen molar-refractivity contribution >= 4 is 5.97 Å². The number of carbonyl (C=O) groups is 1. The zero-order chi connectivity index (χ0) is 24.9. The summed E-state index contributed by atoms with van der Waals surface area (Å²) in [6, 6.07) is 28.9. The quantitative estimate of drug-likeness (QED) is 0.237. The summed E-state index contributed by atoms with van der Waals surface area (Å²) in [5.74, 6) is -1.46. The van der Waals surface area contributed by atoms with E-state index in [1.807, 2.05) is 24.3 Å². The van der Waals surface area contributed by atoms with Gasteiger partial charge in [-0.15, -0.1) is 0 Å². The van der Waals surface area contributed by atoms with Crippen LogP contribution in [0.4, 0.5) is 8.78 Å². The predicted octanol–water partition coefficient (Wildman–Crippen LogP) is 6.55. The monoisotopic (exact) mass is 662 g/mol. The van der Waals surface area contributed by atoms with Crippen molar-refractivity contribution in [1.82, 2.24) is 15.0 Å². The van der Waals surface area contributed by atoms with Crippen LogP contribution in [0.15, 0.2) is 122 Å². The molecule has 2 aromatic carbocycles. The maximum absolute atomic E-state index is 13.2. The molecular weight excluding hydrogens is 641 g/mol. The molecule has 0 aliphatic carbocycles. The summed E-state index contributed by atoms with van der Waals surface area (Å²) in [6.07, 6.45) is 4.76. The van der Waals surface area contributed by atoms with Crippen LogP contribution in [-0.2, 0) is 20.1 Å². The average Bonchev–Trinajstić information content (AvgIpc) is 2.91. The number of carboxylic acid groups (broad SMARTS) is 1. The third-order valence-electron chi connectivity index (χ3n) is 4.51. The van der Waals surface area contributed by atoms with Gasteiger partial charge in [0.2, 0.25) is 0 Å². The molecule has 0 aliphatic rings. The van der Waals surface area contributed by atoms with E-state index in [0.29, 0.717) is 22.5 Å². The second-order valence-electron chi connectivity index (χ2n) is 6.91. The first-order valence-electron chi connectivity index (χ1n) is 10.5. The van der Waals surface area contributed by atoms with Gasteiger partial charge in [-0.1, -0.05) is 42.5 Å². The fourth-order valence-corrected chi connectivity index (χ4v) is 2.87. The van der Waals surface area contributed by atoms with Gasteiger partial charge in [-0.2, -0.15) is 0 Å². The zero-order valence-corrected chi connectivity index (χ0v) is 21.2. The largest absolute Gasteiger partial charge is 0.477 e. The van der Waals surface area contributed by atoms with Crippen molar-refractivity contribution in [3.8, 4) is 22.5 Å². The molecule has 0 atom stereocenters. The minimum absolute atomic E-state index is 0. The van der Waals surface area contributed by atoms with E-state index in [1.165, 1.54) is 24.4 Å². The van der Waals surface area contributed by atoms with Gasteiger partial charge in [0, 0.05) is 49.8 Å². The second kappa shape index (κ2) is 15.0. The first-order valence-corrected chi connectivity index (χ1v) is 10.5. The predicted molar refractivity (Wildman–Crippen MR) is 130 cm³/mol. The molecule has 0 bridgehead atoms. The van der Waals surface area contributed by atoms with Gasteiger partial charge in [0.05, 0.1) is 11.4 Å². The first kappa shape index (κ1) is 28.1. The molecule has 0 fully saturated rings. The van der Waals surface area contributed by atoms with Crippen LogP contribution in [0.3, 0.4) is 0 Å². The van der Waals surface area contributed by atoms with Gasteiger partial charge in [-0.3, -0.25) is 9.97 Å². The average molecular weight is 662 g/mol. The van der Waals surface area contributed by atoms with Crippen LogP contribution in [0.5, 0.6) is 0 Å². The van der Waals surface area contributed by atoms with Crippen molar-refractivity contribution < 1.29 is 38.8 Å². The van der Waals surface area contributed by atoms with E-state index >= 15 is 0 Å². The van der Waals surface area contributed by atoms with E-state index in [1.54, 1.807) is 73.1 Å². The van der Waals surface area contributed by atoms with Gasteiger partial charge in [-0.25, -0.2) is 18.6 Å². The summed E-state index contributed by atoms with van der Waals surface area (Å²) in [7, 11) is 0. The number of aromatic carboxylic acids is 1. The number of aromatic nitrogens is 3. The van der Waals surface area contributed by atoms with E-state index in [-0.39, 0.29) is 37.4 Å². The maximum Gasteiger partial charge on any atom is 0.354 e. The second-order valence-corrected chi connectivity index (χ2v) is 6.91. The van der Waals surface area contributed by atoms with Gasteiger partial charge in [-0.05, 0) is 60.7 Å². The number of hydrogen-bond donors (Lipinski definition) is 1. The molecule has 1 radical (unpaired) electrons. The Hall–Kier alpha value is -4.13. The van der Waals surface area contributed by atoms with Crippen LogP contribution in [0.25, 0.3) is 22.5 Å². The Bertz CT molecular complexity index is 1260. The number of carboxylic acids is 1. The topological polar surface area (TPSA) is 76.0 Å². The van der Waals surface area contributed by atoms with Crippen LogP contribution in [-0.4, -0.2) is 26.0 Å². The van der Waals surface area contributed by atoms with Gasteiger partial charge in [0.15, 0.2) is 0 Å². The molecule has 0 amide bonds. The van der Waals surface area contributed by atoms with Crippen LogP contribution >= 0.6 is 0 Å². The van der Waals surface area contributed by atoms with Crippen molar-refractivity contribution in [2.24, 2.45) is 0 Å². The molecule has 0 unspecified atom stereocenters. The minimum Gasteiger partial charge on any atom is -0.477 e. The zero-order valence-electron chi connectivity index (χ0n) is 18.8. The maximum atomic E-state index is 13.2. The van der Waals surface area contributed by atoms with Crippen LogP contribution < -0.4 is 0 Å². The molecule has 36 heavy (non-hydrogen) atoms. The summed E-state index contributed by atoms with van der Waals surface area (Å²) in [4.78, 5) is 21.9. The van der Waals surface area contributed by atoms with E-state index in [9.17, 15) is 13.6 Å². The Morgan fingerprint density at radius 3 is 1.25 bits per heavy atom. The van der Waals surface area contributed by atoms with Crippen LogP contribution in [0, 0.1) is 11.6 Å². The molecule has 0 saturated heterocycles. The summed E-state index contributed by atoms with van der Waals surface area (Å²) in [5, 5.41) is 8.32. The van der Waals surface area contributed by atoms with Gasteiger partial charge >= 0.3 is 5.97 Å². The number of rotatable bonds is 3. The molecular formula is C28H21F2IrN3O2. The fraction of sp³-hybridized carbons (Fsp3) is 0. The molecule has 5 rings (SSSR count). The minimum atomic E-state index is -0.990. The summed E-state index contributed by atoms with van der Waals surface area (Å²) in [6.45, 7) is 0. The smallest absolute Gasteiger partial charge is 0.354 e. The molecule has 0 spiro atoms. The molecule has 0 aliphatic heterocycles. The Morgan fingerprint density at radius 2 is 0.944 bits per heavy atom. The summed E-state index contributed by atoms with van der Waals surface area (Å²) >= 11 is 0. The molecule has 5 aromatic rings. The number of pyridine rings is 3. The Labute approximate surface area is 220 Å². The fourth-order valence-electron chi connectivity index (χ4n) is 2.87. The summed E-state index contributed by atoms with van der Waals surface area (Å²) < 4.78 is 26.5. The van der Waals surface area contributed by atoms with Gasteiger partial charge < -0.3 is 5.11 Å². The SMILES string of the molecule is Fc1ccccc1-c1ccccn1.Fc1ccccc1-c1ccccn1.O=C(O)c1ccccn1.[Ir]. The van der Waals surface area contributed by atoms with Gasteiger partial charge in [0.1, 0.15) is 17.3 Å². The molecule has 1 N–H and O–H groups in total. The standard InChI is InChI=1S/2C11H8FN.C6H5NO2.Ir/c2*12-10-6-2-1-5-9(10)11-7-3-4-8-13-11;8-6(9)5-3-1-2-4-7-5;/h2*1-8H;1-4H,(H,8,9);. The van der Waals surface area contributed by atoms with Crippen molar-refractivity contribution in [2.75, 3.05) is 0 Å². The molecule has 8 heteroatoms. The molecule has 5 nitrogen and oxygen atoms in total. The van der Waals surface area contributed by atoms with E-state index in [0.717, 1.165) is 0 Å². The van der Waals surface area contributed by atoms with Crippen LogP contribution in [0.2, 0.25) is 0 Å². The Balaban J connectivity index is 0.000000191. The van der Waals surface area contributed by atoms with E-state index in [4.69, 9.17) is 5.11 Å². The van der Waals surface area contributed by atoms with E-state index < -0.39 is 5.97 Å². The first-order chi connectivity index (χ1) is 17.1. The van der Waals surface area contributed by atoms with Crippen molar-refractivity contribution in [2.45, 2.75) is 0 Å². The molecule has 3 aromatic heterocycles. The number of hydrogen-bond acceptors (Lipinski definition) is 4. The van der Waals surface area contributed by atoms with Gasteiger partial charge in [0.25, 0.3) is 0 Å². The van der Waals surface area contributed by atoms with Crippen LogP contribution in [0.1, 0.15) is 10.5 Å². The summed E-state index contributed by atoms with van der Waals surface area (Å²) in [5.41, 5.74) is 2.50. The number of nitrogens with zero attached hydrogens (tertiary/aromatic N) is 3. The van der Waals surface area contributed by atoms with Crippen molar-refractivity contribution in [1.29, 1.82) is 0 Å². The van der Waals surface area contributed by atoms with E-state index in [2.05, 4.69) is 15.0 Å².